The molecule has 9 heteroatoms. The van der Waals surface area contributed by atoms with Crippen molar-refractivity contribution in [2.45, 2.75) is 39.3 Å². The van der Waals surface area contributed by atoms with Gasteiger partial charge in [-0.3, -0.25) is 19.5 Å². The number of pyridine rings is 1. The number of aromatic nitrogens is 1. The van der Waals surface area contributed by atoms with Crippen LogP contribution in [0.3, 0.4) is 0 Å². The molecule has 1 aromatic heterocycles. The van der Waals surface area contributed by atoms with Crippen LogP contribution in [0.1, 0.15) is 41.9 Å². The van der Waals surface area contributed by atoms with E-state index in [0.717, 1.165) is 5.56 Å². The number of carbonyl (C=O) groups is 2. The topological polar surface area (TPSA) is 113 Å². The third-order valence-corrected chi connectivity index (χ3v) is 5.76. The molecule has 37 heavy (non-hydrogen) atoms. The highest BCUT2D eigenvalue weighted by atomic mass is 16.7. The van der Waals surface area contributed by atoms with E-state index in [2.05, 4.69) is 15.5 Å². The van der Waals surface area contributed by atoms with Gasteiger partial charge in [-0.1, -0.05) is 67.5 Å². The molecule has 4 rings (SSSR count). The van der Waals surface area contributed by atoms with E-state index in [9.17, 15) is 14.7 Å². The van der Waals surface area contributed by atoms with E-state index in [4.69, 9.17) is 9.57 Å². The summed E-state index contributed by atoms with van der Waals surface area (Å²) < 4.78 is 5.93. The SMILES string of the molecule is CC(C)C[C@H](NC(=O)c1ccccc1OCc1ccccc1)C(=O)CN1C(c2ccccn2)=NOC1O. The van der Waals surface area contributed by atoms with Gasteiger partial charge in [0.05, 0.1) is 18.2 Å². The van der Waals surface area contributed by atoms with Crippen molar-refractivity contribution in [1.29, 1.82) is 0 Å². The first-order valence-electron chi connectivity index (χ1n) is 12.1. The van der Waals surface area contributed by atoms with Crippen LogP contribution in [0.5, 0.6) is 5.75 Å². The first-order chi connectivity index (χ1) is 17.9. The Hall–Kier alpha value is -4.24. The lowest BCUT2D eigenvalue weighted by molar-refractivity contribution is -0.152. The van der Waals surface area contributed by atoms with E-state index in [0.29, 0.717) is 30.0 Å². The maximum absolute atomic E-state index is 13.4. The molecular weight excluding hydrogens is 472 g/mol. The predicted octanol–water partition coefficient (Wildman–Crippen LogP) is 3.34. The highest BCUT2D eigenvalue weighted by molar-refractivity contribution is 6.02. The van der Waals surface area contributed by atoms with Gasteiger partial charge in [0.25, 0.3) is 5.91 Å². The van der Waals surface area contributed by atoms with Crippen molar-refractivity contribution in [3.05, 3.63) is 95.8 Å². The molecule has 0 saturated carbocycles. The average molecular weight is 503 g/mol. The number of amidine groups is 1. The summed E-state index contributed by atoms with van der Waals surface area (Å²) in [6.07, 6.45) is 0.573. The van der Waals surface area contributed by atoms with Crippen molar-refractivity contribution in [2.75, 3.05) is 6.54 Å². The standard InChI is InChI=1S/C28H30N4O5/c1-19(2)16-23(24(33)17-32-26(31-37-28(32)35)22-13-8-9-15-29-22)30-27(34)21-12-6-7-14-25(21)36-18-20-10-4-3-5-11-20/h3-15,19,23,28,35H,16-18H2,1-2H3,(H,30,34)/t23-,28?/m0/s1. The maximum atomic E-state index is 13.4. The summed E-state index contributed by atoms with van der Waals surface area (Å²) in [5, 5.41) is 17.0. The molecule has 192 valence electrons. The molecule has 1 aliphatic heterocycles. The lowest BCUT2D eigenvalue weighted by Gasteiger charge is -2.25. The van der Waals surface area contributed by atoms with Gasteiger partial charge < -0.3 is 20.0 Å². The molecule has 0 radical (unpaired) electrons. The first kappa shape index (κ1) is 25.8. The zero-order chi connectivity index (χ0) is 26.2. The smallest absolute Gasteiger partial charge is 0.307 e. The third-order valence-electron chi connectivity index (χ3n) is 5.76. The zero-order valence-electron chi connectivity index (χ0n) is 20.8. The van der Waals surface area contributed by atoms with Crippen molar-refractivity contribution >= 4 is 17.5 Å². The minimum absolute atomic E-state index is 0.127. The monoisotopic (exact) mass is 502 g/mol. The van der Waals surface area contributed by atoms with E-state index in [1.807, 2.05) is 44.2 Å². The van der Waals surface area contributed by atoms with Gasteiger partial charge >= 0.3 is 6.41 Å². The van der Waals surface area contributed by atoms with Gasteiger partial charge in [0.15, 0.2) is 11.6 Å². The van der Waals surface area contributed by atoms with Crippen LogP contribution in [0.4, 0.5) is 0 Å². The number of aliphatic hydroxyl groups is 1. The van der Waals surface area contributed by atoms with Gasteiger partial charge in [-0.2, -0.15) is 0 Å². The highest BCUT2D eigenvalue weighted by Crippen LogP contribution is 2.21. The number of benzene rings is 2. The molecule has 1 unspecified atom stereocenters. The molecular formula is C28H30N4O5. The summed E-state index contributed by atoms with van der Waals surface area (Å²) in [5.74, 6) is 0.0863. The Labute approximate surface area is 215 Å². The lowest BCUT2D eigenvalue weighted by atomic mass is 9.99. The summed E-state index contributed by atoms with van der Waals surface area (Å²) in [4.78, 5) is 37.2. The van der Waals surface area contributed by atoms with E-state index in [-0.39, 0.29) is 24.1 Å². The molecule has 2 heterocycles. The van der Waals surface area contributed by atoms with E-state index < -0.39 is 18.4 Å². The number of Topliss-reactive ketones (excluding diaryl/α,β-unsaturated/α-hetero) is 1. The first-order valence-corrected chi connectivity index (χ1v) is 12.1. The number of para-hydroxylation sites is 1. The Morgan fingerprint density at radius 2 is 1.78 bits per heavy atom. The molecule has 9 nitrogen and oxygen atoms in total. The number of carbonyl (C=O) groups excluding carboxylic acids is 2. The van der Waals surface area contributed by atoms with Gasteiger partial charge in [0, 0.05) is 6.20 Å². The minimum Gasteiger partial charge on any atom is -0.488 e. The quantitative estimate of drug-likeness (QED) is 0.413. The van der Waals surface area contributed by atoms with Crippen LogP contribution in [0.2, 0.25) is 0 Å². The van der Waals surface area contributed by atoms with E-state index in [1.165, 1.54) is 4.90 Å². The van der Waals surface area contributed by atoms with Crippen LogP contribution < -0.4 is 10.1 Å². The van der Waals surface area contributed by atoms with Crippen LogP contribution >= 0.6 is 0 Å². The number of nitrogens with one attached hydrogen (secondary N) is 1. The van der Waals surface area contributed by atoms with Gasteiger partial charge in [-0.25, -0.2) is 0 Å². The second kappa shape index (κ2) is 12.1. The van der Waals surface area contributed by atoms with Crippen molar-refractivity contribution in [1.82, 2.24) is 15.2 Å². The van der Waals surface area contributed by atoms with Crippen molar-refractivity contribution < 1.29 is 24.3 Å². The Balaban J connectivity index is 1.47. The molecule has 2 aromatic carbocycles. The molecule has 1 amide bonds. The van der Waals surface area contributed by atoms with Crippen LogP contribution in [-0.4, -0.2) is 51.5 Å². The van der Waals surface area contributed by atoms with Crippen molar-refractivity contribution in [3.8, 4) is 5.75 Å². The second-order valence-electron chi connectivity index (χ2n) is 9.08. The fourth-order valence-electron chi connectivity index (χ4n) is 3.92. The van der Waals surface area contributed by atoms with E-state index >= 15 is 0 Å². The second-order valence-corrected chi connectivity index (χ2v) is 9.08. The van der Waals surface area contributed by atoms with Crippen LogP contribution in [0, 0.1) is 5.92 Å². The fourth-order valence-corrected chi connectivity index (χ4v) is 3.92. The van der Waals surface area contributed by atoms with Gasteiger partial charge in [0.2, 0.25) is 0 Å². The summed E-state index contributed by atoms with van der Waals surface area (Å²) in [7, 11) is 0. The van der Waals surface area contributed by atoms with E-state index in [1.54, 1.807) is 48.7 Å². The highest BCUT2D eigenvalue weighted by Gasteiger charge is 2.34. The molecule has 3 aromatic rings. The number of nitrogens with zero attached hydrogens (tertiary/aromatic N) is 3. The van der Waals surface area contributed by atoms with Gasteiger partial charge in [-0.15, -0.1) is 0 Å². The zero-order valence-corrected chi connectivity index (χ0v) is 20.8. The van der Waals surface area contributed by atoms with Gasteiger partial charge in [0.1, 0.15) is 18.1 Å². The third kappa shape index (κ3) is 6.71. The number of amides is 1. The van der Waals surface area contributed by atoms with Crippen LogP contribution in [-0.2, 0) is 16.2 Å². The van der Waals surface area contributed by atoms with Crippen molar-refractivity contribution in [3.63, 3.8) is 0 Å². The molecule has 2 N–H and O–H groups in total. The largest absolute Gasteiger partial charge is 0.488 e. The Kier molecular flexibility index (Phi) is 8.48. The number of rotatable bonds is 11. The Bertz CT molecular complexity index is 1230. The molecule has 0 bridgehead atoms. The summed E-state index contributed by atoms with van der Waals surface area (Å²) in [6.45, 7) is 4.03. The minimum atomic E-state index is -1.43. The average Bonchev–Trinajstić information content (AvgIpc) is 3.27. The fraction of sp³-hybridized carbons (Fsp3) is 0.286. The molecule has 0 saturated heterocycles. The number of hydrogen-bond donors (Lipinski definition) is 2. The number of ketones is 1. The summed E-state index contributed by atoms with van der Waals surface area (Å²) in [6, 6.07) is 21.0. The maximum Gasteiger partial charge on any atom is 0.307 e. The van der Waals surface area contributed by atoms with Crippen LogP contribution in [0.25, 0.3) is 0 Å². The number of ether oxygens (including phenoxy) is 1. The number of oxime groups is 1. The number of aliphatic hydroxyl groups excluding tert-OH is 1. The molecule has 0 aliphatic carbocycles. The Morgan fingerprint density at radius 3 is 2.51 bits per heavy atom. The van der Waals surface area contributed by atoms with Crippen LogP contribution in [0.15, 0.2) is 84.1 Å². The lowest BCUT2D eigenvalue weighted by Crippen LogP contribution is -2.49. The molecule has 0 spiro atoms. The molecule has 0 fully saturated rings. The number of hydrogen-bond acceptors (Lipinski definition) is 8. The van der Waals surface area contributed by atoms with Crippen molar-refractivity contribution in [2.24, 2.45) is 11.1 Å². The summed E-state index contributed by atoms with van der Waals surface area (Å²) >= 11 is 0. The normalized spacial score (nSPS) is 15.6. The molecule has 2 atom stereocenters. The molecule has 1 aliphatic rings. The Morgan fingerprint density at radius 1 is 1.05 bits per heavy atom. The predicted molar refractivity (Wildman–Crippen MR) is 138 cm³/mol. The van der Waals surface area contributed by atoms with Gasteiger partial charge in [-0.05, 0) is 42.2 Å². The summed E-state index contributed by atoms with van der Waals surface area (Å²) in [5.41, 5.74) is 1.77.